The average molecular weight is 382 g/mol. The second-order valence-corrected chi connectivity index (χ2v) is 6.67. The van der Waals surface area contributed by atoms with E-state index in [9.17, 15) is 9.59 Å². The fraction of sp³-hybridized carbons (Fsp3) is 0.333. The lowest BCUT2D eigenvalue weighted by Crippen LogP contribution is -2.50. The molecule has 2 aliphatic heterocycles. The van der Waals surface area contributed by atoms with Crippen LogP contribution in [0.4, 0.5) is 0 Å². The van der Waals surface area contributed by atoms with Gasteiger partial charge in [0.05, 0.1) is 7.11 Å². The molecule has 2 aliphatic rings. The minimum Gasteiger partial charge on any atom is -0.497 e. The fourth-order valence-electron chi connectivity index (χ4n) is 3.41. The minimum absolute atomic E-state index is 0.0506. The second-order valence-electron chi connectivity index (χ2n) is 6.67. The number of nitrogens with zero attached hydrogens (tertiary/aromatic N) is 2. The highest BCUT2D eigenvalue weighted by Gasteiger charge is 2.26. The second kappa shape index (κ2) is 7.80. The van der Waals surface area contributed by atoms with Crippen LogP contribution in [0.25, 0.3) is 0 Å². The summed E-state index contributed by atoms with van der Waals surface area (Å²) in [6.07, 6.45) is 0. The molecule has 0 N–H and O–H groups in total. The Morgan fingerprint density at radius 2 is 1.43 bits per heavy atom. The van der Waals surface area contributed by atoms with Crippen molar-refractivity contribution < 1.29 is 23.8 Å². The van der Waals surface area contributed by atoms with Gasteiger partial charge in [-0.05, 0) is 36.4 Å². The molecular formula is C21H22N2O5. The summed E-state index contributed by atoms with van der Waals surface area (Å²) in [6, 6.07) is 12.4. The van der Waals surface area contributed by atoms with Gasteiger partial charge in [0.2, 0.25) is 0 Å². The number of hydrogen-bond acceptors (Lipinski definition) is 5. The van der Waals surface area contributed by atoms with Gasteiger partial charge < -0.3 is 24.0 Å². The van der Waals surface area contributed by atoms with Crippen LogP contribution in [0.1, 0.15) is 20.7 Å². The molecule has 0 aliphatic carbocycles. The molecule has 7 heteroatoms. The molecule has 1 saturated heterocycles. The van der Waals surface area contributed by atoms with E-state index in [0.29, 0.717) is 67.8 Å². The van der Waals surface area contributed by atoms with Crippen LogP contribution in [0.15, 0.2) is 42.5 Å². The zero-order chi connectivity index (χ0) is 19.5. The summed E-state index contributed by atoms with van der Waals surface area (Å²) in [7, 11) is 1.58. The summed E-state index contributed by atoms with van der Waals surface area (Å²) in [5, 5.41) is 0. The van der Waals surface area contributed by atoms with Crippen LogP contribution in [0.5, 0.6) is 17.2 Å². The summed E-state index contributed by atoms with van der Waals surface area (Å²) in [6.45, 7) is 2.96. The number of benzene rings is 2. The van der Waals surface area contributed by atoms with Crippen molar-refractivity contribution in [3.8, 4) is 17.2 Å². The maximum absolute atomic E-state index is 12.8. The van der Waals surface area contributed by atoms with E-state index in [0.717, 1.165) is 0 Å². The zero-order valence-electron chi connectivity index (χ0n) is 15.7. The van der Waals surface area contributed by atoms with Gasteiger partial charge in [-0.1, -0.05) is 6.07 Å². The Labute approximate surface area is 163 Å². The number of fused-ring (bicyclic) bond motifs is 1. The smallest absolute Gasteiger partial charge is 0.254 e. The fourth-order valence-corrected chi connectivity index (χ4v) is 3.41. The third-order valence-electron chi connectivity index (χ3n) is 4.96. The van der Waals surface area contributed by atoms with E-state index < -0.39 is 0 Å². The van der Waals surface area contributed by atoms with Gasteiger partial charge in [0.15, 0.2) is 11.5 Å². The van der Waals surface area contributed by atoms with E-state index in [1.807, 2.05) is 0 Å². The number of carbonyl (C=O) groups is 2. The predicted octanol–water partition coefficient (Wildman–Crippen LogP) is 2.06. The van der Waals surface area contributed by atoms with E-state index in [4.69, 9.17) is 14.2 Å². The van der Waals surface area contributed by atoms with Crippen LogP contribution in [-0.4, -0.2) is 68.1 Å². The third kappa shape index (κ3) is 3.60. The number of ether oxygens (including phenoxy) is 3. The molecule has 0 atom stereocenters. The Balaban J connectivity index is 1.39. The first kappa shape index (κ1) is 18.2. The monoisotopic (exact) mass is 382 g/mol. The van der Waals surface area contributed by atoms with Crippen LogP contribution < -0.4 is 14.2 Å². The van der Waals surface area contributed by atoms with E-state index >= 15 is 0 Å². The van der Waals surface area contributed by atoms with Gasteiger partial charge in [-0.25, -0.2) is 0 Å². The summed E-state index contributed by atoms with van der Waals surface area (Å²) in [4.78, 5) is 29.1. The Kier molecular flexibility index (Phi) is 5.06. The highest BCUT2D eigenvalue weighted by atomic mass is 16.6. The first-order valence-corrected chi connectivity index (χ1v) is 9.28. The van der Waals surface area contributed by atoms with Gasteiger partial charge >= 0.3 is 0 Å². The van der Waals surface area contributed by atoms with Crippen molar-refractivity contribution >= 4 is 11.8 Å². The molecule has 2 aromatic carbocycles. The normalized spacial score (nSPS) is 15.9. The number of methoxy groups -OCH3 is 1. The molecule has 2 amide bonds. The highest BCUT2D eigenvalue weighted by molar-refractivity contribution is 5.96. The summed E-state index contributed by atoms with van der Waals surface area (Å²) in [5.74, 6) is 1.80. The predicted molar refractivity (Wildman–Crippen MR) is 102 cm³/mol. The van der Waals surface area contributed by atoms with Crippen LogP contribution in [0.3, 0.4) is 0 Å². The topological polar surface area (TPSA) is 68.3 Å². The van der Waals surface area contributed by atoms with Gasteiger partial charge in [-0.2, -0.15) is 0 Å². The third-order valence-corrected chi connectivity index (χ3v) is 4.96. The number of piperazine rings is 1. The Bertz CT molecular complexity index is 890. The molecule has 0 radical (unpaired) electrons. The molecule has 2 heterocycles. The van der Waals surface area contributed by atoms with Gasteiger partial charge in [-0.3, -0.25) is 9.59 Å². The number of amides is 2. The van der Waals surface area contributed by atoms with Crippen molar-refractivity contribution in [2.24, 2.45) is 0 Å². The lowest BCUT2D eigenvalue weighted by Gasteiger charge is -2.35. The van der Waals surface area contributed by atoms with Crippen molar-refractivity contribution in [2.75, 3.05) is 46.5 Å². The Morgan fingerprint density at radius 3 is 2.07 bits per heavy atom. The van der Waals surface area contributed by atoms with E-state index in [-0.39, 0.29) is 11.8 Å². The Hall–Kier alpha value is -3.22. The molecule has 0 aromatic heterocycles. The van der Waals surface area contributed by atoms with Crippen LogP contribution >= 0.6 is 0 Å². The van der Waals surface area contributed by atoms with E-state index in [2.05, 4.69) is 0 Å². The molecule has 7 nitrogen and oxygen atoms in total. The summed E-state index contributed by atoms with van der Waals surface area (Å²) >= 11 is 0. The molecule has 146 valence electrons. The maximum Gasteiger partial charge on any atom is 0.254 e. The van der Waals surface area contributed by atoms with Gasteiger partial charge in [0.1, 0.15) is 19.0 Å². The standard InChI is InChI=1S/C21H22N2O5/c1-26-17-4-2-3-15(13-17)20(24)22-7-9-23(10-8-22)21(25)16-5-6-18-19(14-16)28-12-11-27-18/h2-6,13-14H,7-12H2,1H3. The largest absolute Gasteiger partial charge is 0.497 e. The van der Waals surface area contributed by atoms with Crippen molar-refractivity contribution in [3.05, 3.63) is 53.6 Å². The van der Waals surface area contributed by atoms with Gasteiger partial charge in [0.25, 0.3) is 11.8 Å². The number of hydrogen-bond donors (Lipinski definition) is 0. The molecular weight excluding hydrogens is 360 g/mol. The molecule has 4 rings (SSSR count). The zero-order valence-corrected chi connectivity index (χ0v) is 15.7. The quantitative estimate of drug-likeness (QED) is 0.813. The molecule has 1 fully saturated rings. The van der Waals surface area contributed by atoms with E-state index in [1.54, 1.807) is 59.4 Å². The average Bonchev–Trinajstić information content (AvgIpc) is 2.78. The lowest BCUT2D eigenvalue weighted by molar-refractivity contribution is 0.0535. The lowest BCUT2D eigenvalue weighted by atomic mass is 10.1. The molecule has 0 unspecified atom stereocenters. The first-order valence-electron chi connectivity index (χ1n) is 9.28. The highest BCUT2D eigenvalue weighted by Crippen LogP contribution is 2.31. The van der Waals surface area contributed by atoms with Gasteiger partial charge in [-0.15, -0.1) is 0 Å². The molecule has 28 heavy (non-hydrogen) atoms. The van der Waals surface area contributed by atoms with Crippen LogP contribution in [0.2, 0.25) is 0 Å². The minimum atomic E-state index is -0.0644. The molecule has 2 aromatic rings. The number of carbonyl (C=O) groups excluding carboxylic acids is 2. The summed E-state index contributed by atoms with van der Waals surface area (Å²) < 4.78 is 16.2. The van der Waals surface area contributed by atoms with Crippen LogP contribution in [0, 0.1) is 0 Å². The maximum atomic E-state index is 12.8. The van der Waals surface area contributed by atoms with E-state index in [1.165, 1.54) is 0 Å². The van der Waals surface area contributed by atoms with Crippen molar-refractivity contribution in [1.82, 2.24) is 9.80 Å². The van der Waals surface area contributed by atoms with Crippen molar-refractivity contribution in [1.29, 1.82) is 0 Å². The molecule has 0 saturated carbocycles. The molecule has 0 bridgehead atoms. The first-order chi connectivity index (χ1) is 13.7. The van der Waals surface area contributed by atoms with Crippen LogP contribution in [-0.2, 0) is 0 Å². The van der Waals surface area contributed by atoms with Gasteiger partial charge in [0, 0.05) is 37.3 Å². The Morgan fingerprint density at radius 1 is 0.821 bits per heavy atom. The summed E-state index contributed by atoms with van der Waals surface area (Å²) in [5.41, 5.74) is 1.16. The SMILES string of the molecule is COc1cccc(C(=O)N2CCN(C(=O)c3ccc4c(c3)OCCO4)CC2)c1. The number of rotatable bonds is 3. The van der Waals surface area contributed by atoms with Crippen molar-refractivity contribution in [2.45, 2.75) is 0 Å². The van der Waals surface area contributed by atoms with Crippen molar-refractivity contribution in [3.63, 3.8) is 0 Å². The molecule has 0 spiro atoms.